The molecule has 0 bridgehead atoms. The van der Waals surface area contributed by atoms with Crippen LogP contribution in [0.1, 0.15) is 52.8 Å². The van der Waals surface area contributed by atoms with Crippen LogP contribution in [-0.2, 0) is 17.9 Å². The van der Waals surface area contributed by atoms with Gasteiger partial charge in [0.15, 0.2) is 0 Å². The highest BCUT2D eigenvalue weighted by molar-refractivity contribution is 5.83. The normalized spacial score (nSPS) is 12.6. The Morgan fingerprint density at radius 3 is 2.40 bits per heavy atom. The second kappa shape index (κ2) is 10.3. The minimum Gasteiger partial charge on any atom is -0.444 e. The van der Waals surface area contributed by atoms with Gasteiger partial charge in [-0.05, 0) is 56.0 Å². The molecule has 1 aromatic carbocycles. The number of pyridine rings is 1. The van der Waals surface area contributed by atoms with Crippen molar-refractivity contribution < 1.29 is 14.6 Å². The molecular weight excluding hydrogens is 442 g/mol. The van der Waals surface area contributed by atoms with Gasteiger partial charge in [0.25, 0.3) is 0 Å². The van der Waals surface area contributed by atoms with Gasteiger partial charge < -0.3 is 15.2 Å². The molecule has 0 saturated carbocycles. The average Bonchev–Trinajstić information content (AvgIpc) is 3.15. The van der Waals surface area contributed by atoms with Crippen LogP contribution in [0.4, 0.5) is 4.79 Å². The maximum Gasteiger partial charge on any atom is 0.407 e. The van der Waals surface area contributed by atoms with Crippen molar-refractivity contribution in [2.45, 2.75) is 66.3 Å². The standard InChI is InChI=1S/C27H33N5O3/c1-26(2,3)22(30-25(34)35-27(4,5)6)16-32-21(17-33)23(19-10-12-29-13-11-19)24(31-32)20-9-7-8-18(14-20)15-28/h7-14,22,33H,16-17H2,1-6H3,(H,30,34)/t22-/m0/s1. The summed E-state index contributed by atoms with van der Waals surface area (Å²) in [6, 6.07) is 12.8. The quantitative estimate of drug-likeness (QED) is 0.523. The molecule has 0 spiro atoms. The van der Waals surface area contributed by atoms with Crippen LogP contribution in [0.3, 0.4) is 0 Å². The molecule has 0 saturated heterocycles. The first-order valence-electron chi connectivity index (χ1n) is 11.5. The number of hydrogen-bond donors (Lipinski definition) is 2. The SMILES string of the molecule is CC(C)(C)OC(=O)N[C@@H](Cn1nc(-c2cccc(C#N)c2)c(-c2ccncc2)c1CO)C(C)(C)C. The molecule has 1 amide bonds. The van der Waals surface area contributed by atoms with Crippen molar-refractivity contribution in [1.82, 2.24) is 20.1 Å². The number of nitriles is 1. The molecule has 2 N–H and O–H groups in total. The van der Waals surface area contributed by atoms with E-state index in [0.29, 0.717) is 23.5 Å². The summed E-state index contributed by atoms with van der Waals surface area (Å²) >= 11 is 0. The maximum atomic E-state index is 12.6. The number of nitrogens with one attached hydrogen (secondary N) is 1. The molecule has 1 atom stereocenters. The number of hydrogen-bond acceptors (Lipinski definition) is 6. The lowest BCUT2D eigenvalue weighted by Crippen LogP contribution is -2.48. The first-order chi connectivity index (χ1) is 16.4. The van der Waals surface area contributed by atoms with Gasteiger partial charge in [0, 0.05) is 23.5 Å². The number of carbonyl (C=O) groups is 1. The van der Waals surface area contributed by atoms with Gasteiger partial charge in [-0.15, -0.1) is 0 Å². The van der Waals surface area contributed by atoms with Crippen LogP contribution in [0, 0.1) is 16.7 Å². The Labute approximate surface area is 206 Å². The molecule has 2 heterocycles. The summed E-state index contributed by atoms with van der Waals surface area (Å²) in [6.45, 7) is 11.6. The van der Waals surface area contributed by atoms with E-state index < -0.39 is 11.7 Å². The molecule has 0 unspecified atom stereocenters. The van der Waals surface area contributed by atoms with Crippen LogP contribution in [0.25, 0.3) is 22.4 Å². The molecule has 0 fully saturated rings. The first kappa shape index (κ1) is 25.9. The van der Waals surface area contributed by atoms with Gasteiger partial charge in [0.2, 0.25) is 0 Å². The van der Waals surface area contributed by atoms with E-state index in [1.54, 1.807) is 29.2 Å². The number of aliphatic hydroxyl groups is 1. The molecule has 0 aliphatic rings. The monoisotopic (exact) mass is 475 g/mol. The van der Waals surface area contributed by atoms with Gasteiger partial charge in [-0.25, -0.2) is 4.79 Å². The van der Waals surface area contributed by atoms with Gasteiger partial charge in [0.05, 0.1) is 36.5 Å². The fraction of sp³-hybridized carbons (Fsp3) is 0.407. The van der Waals surface area contributed by atoms with Crippen molar-refractivity contribution in [2.75, 3.05) is 0 Å². The largest absolute Gasteiger partial charge is 0.444 e. The molecule has 3 aromatic rings. The smallest absolute Gasteiger partial charge is 0.407 e. The fourth-order valence-corrected chi connectivity index (χ4v) is 3.73. The number of carbonyl (C=O) groups excluding carboxylic acids is 1. The van der Waals surface area contributed by atoms with Crippen molar-refractivity contribution in [2.24, 2.45) is 5.41 Å². The zero-order valence-electron chi connectivity index (χ0n) is 21.2. The van der Waals surface area contributed by atoms with E-state index >= 15 is 0 Å². The van der Waals surface area contributed by atoms with Crippen LogP contribution in [0.2, 0.25) is 0 Å². The molecule has 0 aliphatic carbocycles. The molecule has 0 aliphatic heterocycles. The van der Waals surface area contributed by atoms with E-state index in [2.05, 4.69) is 16.4 Å². The fourth-order valence-electron chi connectivity index (χ4n) is 3.73. The van der Waals surface area contributed by atoms with E-state index in [1.165, 1.54) is 0 Å². The van der Waals surface area contributed by atoms with Crippen molar-refractivity contribution in [1.29, 1.82) is 5.26 Å². The van der Waals surface area contributed by atoms with E-state index in [4.69, 9.17) is 9.84 Å². The lowest BCUT2D eigenvalue weighted by atomic mass is 9.86. The number of amides is 1. The van der Waals surface area contributed by atoms with Crippen LogP contribution in [0.15, 0.2) is 48.8 Å². The van der Waals surface area contributed by atoms with Crippen LogP contribution in [0.5, 0.6) is 0 Å². The Morgan fingerprint density at radius 2 is 1.83 bits per heavy atom. The third-order valence-corrected chi connectivity index (χ3v) is 5.53. The van der Waals surface area contributed by atoms with Gasteiger partial charge in [-0.3, -0.25) is 9.67 Å². The lowest BCUT2D eigenvalue weighted by molar-refractivity contribution is 0.0451. The summed E-state index contributed by atoms with van der Waals surface area (Å²) < 4.78 is 7.22. The topological polar surface area (TPSA) is 113 Å². The van der Waals surface area contributed by atoms with Crippen LogP contribution in [-0.4, -0.2) is 37.6 Å². The number of rotatable bonds is 6. The van der Waals surface area contributed by atoms with E-state index in [1.807, 2.05) is 65.8 Å². The third-order valence-electron chi connectivity index (χ3n) is 5.53. The van der Waals surface area contributed by atoms with E-state index in [0.717, 1.165) is 16.7 Å². The molecule has 8 heteroatoms. The molecule has 8 nitrogen and oxygen atoms in total. The highest BCUT2D eigenvalue weighted by Gasteiger charge is 2.31. The number of aliphatic hydroxyl groups excluding tert-OH is 1. The Bertz CT molecular complexity index is 1210. The Kier molecular flexibility index (Phi) is 7.61. The highest BCUT2D eigenvalue weighted by atomic mass is 16.6. The third kappa shape index (κ3) is 6.46. The van der Waals surface area contributed by atoms with Gasteiger partial charge in [-0.1, -0.05) is 32.9 Å². The predicted molar refractivity (Wildman–Crippen MR) is 134 cm³/mol. The lowest BCUT2D eigenvalue weighted by Gasteiger charge is -2.32. The summed E-state index contributed by atoms with van der Waals surface area (Å²) in [4.78, 5) is 16.7. The van der Waals surface area contributed by atoms with Crippen LogP contribution >= 0.6 is 0 Å². The van der Waals surface area contributed by atoms with E-state index in [-0.39, 0.29) is 18.1 Å². The van der Waals surface area contributed by atoms with Crippen molar-refractivity contribution in [3.05, 3.63) is 60.0 Å². The Balaban J connectivity index is 2.11. The molecule has 3 rings (SSSR count). The van der Waals surface area contributed by atoms with Crippen molar-refractivity contribution >= 4 is 6.09 Å². The number of aromatic nitrogens is 3. The molecular formula is C27H33N5O3. The maximum absolute atomic E-state index is 12.6. The summed E-state index contributed by atoms with van der Waals surface area (Å²) in [6.07, 6.45) is 2.86. The summed E-state index contributed by atoms with van der Waals surface area (Å²) in [7, 11) is 0. The van der Waals surface area contributed by atoms with Gasteiger partial charge in [-0.2, -0.15) is 10.4 Å². The second-order valence-corrected chi connectivity index (χ2v) is 10.5. The zero-order valence-corrected chi connectivity index (χ0v) is 21.2. The average molecular weight is 476 g/mol. The van der Waals surface area contributed by atoms with Crippen LogP contribution < -0.4 is 5.32 Å². The predicted octanol–water partition coefficient (Wildman–Crippen LogP) is 4.92. The summed E-state index contributed by atoms with van der Waals surface area (Å²) in [5.74, 6) is 0. The molecule has 184 valence electrons. The molecule has 0 radical (unpaired) electrons. The number of benzene rings is 1. The van der Waals surface area contributed by atoms with Gasteiger partial charge in [0.1, 0.15) is 11.3 Å². The number of ether oxygens (including phenoxy) is 1. The van der Waals surface area contributed by atoms with Crippen molar-refractivity contribution in [3.8, 4) is 28.5 Å². The number of alkyl carbamates (subject to hydrolysis) is 1. The first-order valence-corrected chi connectivity index (χ1v) is 11.5. The summed E-state index contributed by atoms with van der Waals surface area (Å²) in [5, 5.41) is 27.7. The minimum absolute atomic E-state index is 0.258. The van der Waals surface area contributed by atoms with Crippen molar-refractivity contribution in [3.63, 3.8) is 0 Å². The Hall–Kier alpha value is -3.70. The molecule has 2 aromatic heterocycles. The highest BCUT2D eigenvalue weighted by Crippen LogP contribution is 2.35. The Morgan fingerprint density at radius 1 is 1.14 bits per heavy atom. The summed E-state index contributed by atoms with van der Waals surface area (Å²) in [5.41, 5.74) is 3.18. The zero-order chi connectivity index (χ0) is 25.8. The minimum atomic E-state index is -0.623. The van der Waals surface area contributed by atoms with E-state index in [9.17, 15) is 15.2 Å². The van der Waals surface area contributed by atoms with Gasteiger partial charge >= 0.3 is 6.09 Å². The second-order valence-electron chi connectivity index (χ2n) is 10.5. The number of nitrogens with zero attached hydrogens (tertiary/aromatic N) is 4. The molecule has 35 heavy (non-hydrogen) atoms.